The van der Waals surface area contributed by atoms with Gasteiger partial charge in [0.1, 0.15) is 0 Å². The maximum atomic E-state index is 12.1. The zero-order valence-corrected chi connectivity index (χ0v) is 9.79. The number of nitrogens with one attached hydrogen (secondary N) is 1. The van der Waals surface area contributed by atoms with Crippen molar-refractivity contribution in [2.45, 2.75) is 6.54 Å². The number of carbonyl (C=O) groups is 3. The SMILES string of the molecule is O=Cc1cn[nH]c1CN1C(=O)c2ccccc2C1=O. The molecule has 0 saturated carbocycles. The van der Waals surface area contributed by atoms with Crippen molar-refractivity contribution >= 4 is 18.1 Å². The average molecular weight is 255 g/mol. The summed E-state index contributed by atoms with van der Waals surface area (Å²) < 4.78 is 0. The molecule has 0 bridgehead atoms. The van der Waals surface area contributed by atoms with E-state index in [0.717, 1.165) is 4.90 Å². The molecular formula is C13H9N3O3. The third-order valence-electron chi connectivity index (χ3n) is 3.07. The molecular weight excluding hydrogens is 246 g/mol. The molecule has 0 spiro atoms. The molecule has 6 heteroatoms. The van der Waals surface area contributed by atoms with Gasteiger partial charge in [-0.1, -0.05) is 12.1 Å². The van der Waals surface area contributed by atoms with E-state index in [1.807, 2.05) is 0 Å². The van der Waals surface area contributed by atoms with E-state index in [4.69, 9.17) is 0 Å². The lowest BCUT2D eigenvalue weighted by atomic mass is 10.1. The fourth-order valence-corrected chi connectivity index (χ4v) is 2.09. The second-order valence-corrected chi connectivity index (χ2v) is 4.16. The number of amides is 2. The van der Waals surface area contributed by atoms with Crippen LogP contribution in [0, 0.1) is 0 Å². The third kappa shape index (κ3) is 1.65. The number of hydrogen-bond donors (Lipinski definition) is 1. The van der Waals surface area contributed by atoms with E-state index < -0.39 is 0 Å². The molecule has 94 valence electrons. The van der Waals surface area contributed by atoms with Crippen LogP contribution < -0.4 is 0 Å². The highest BCUT2D eigenvalue weighted by atomic mass is 16.2. The molecule has 2 heterocycles. The van der Waals surface area contributed by atoms with Crippen LogP contribution in [0.4, 0.5) is 0 Å². The number of imide groups is 1. The minimum Gasteiger partial charge on any atom is -0.298 e. The Bertz CT molecular complexity index is 655. The molecule has 6 nitrogen and oxygen atoms in total. The Morgan fingerprint density at radius 3 is 2.37 bits per heavy atom. The molecule has 0 fully saturated rings. The summed E-state index contributed by atoms with van der Waals surface area (Å²) in [6.07, 6.45) is 2.00. The van der Waals surface area contributed by atoms with Crippen LogP contribution in [0.1, 0.15) is 36.8 Å². The summed E-state index contributed by atoms with van der Waals surface area (Å²) in [6.45, 7) is 0.0143. The topological polar surface area (TPSA) is 83.1 Å². The number of benzene rings is 1. The maximum Gasteiger partial charge on any atom is 0.261 e. The van der Waals surface area contributed by atoms with Crippen LogP contribution in [0.3, 0.4) is 0 Å². The lowest BCUT2D eigenvalue weighted by Gasteiger charge is -2.12. The summed E-state index contributed by atoms with van der Waals surface area (Å²) in [6, 6.07) is 6.65. The van der Waals surface area contributed by atoms with Crippen molar-refractivity contribution in [1.29, 1.82) is 0 Å². The Labute approximate surface area is 108 Å². The number of H-pyrrole nitrogens is 1. The third-order valence-corrected chi connectivity index (χ3v) is 3.07. The lowest BCUT2D eigenvalue weighted by Crippen LogP contribution is -2.29. The molecule has 2 amide bonds. The first-order valence-corrected chi connectivity index (χ1v) is 5.65. The fraction of sp³-hybridized carbons (Fsp3) is 0.0769. The number of fused-ring (bicyclic) bond motifs is 1. The van der Waals surface area contributed by atoms with Gasteiger partial charge in [-0.3, -0.25) is 24.4 Å². The zero-order chi connectivity index (χ0) is 13.4. The number of rotatable bonds is 3. The Balaban J connectivity index is 1.95. The normalized spacial score (nSPS) is 13.8. The zero-order valence-electron chi connectivity index (χ0n) is 9.79. The summed E-state index contributed by atoms with van der Waals surface area (Å²) in [5.41, 5.74) is 1.57. The molecule has 1 aliphatic heterocycles. The van der Waals surface area contributed by atoms with Crippen molar-refractivity contribution in [2.24, 2.45) is 0 Å². The van der Waals surface area contributed by atoms with Crippen LogP contribution in [0.2, 0.25) is 0 Å². The fourth-order valence-electron chi connectivity index (χ4n) is 2.09. The number of aldehydes is 1. The number of aromatic amines is 1. The summed E-state index contributed by atoms with van der Waals surface area (Å²) in [7, 11) is 0. The molecule has 0 saturated heterocycles. The monoisotopic (exact) mass is 255 g/mol. The number of nitrogens with zero attached hydrogens (tertiary/aromatic N) is 2. The Hall–Kier alpha value is -2.76. The quantitative estimate of drug-likeness (QED) is 0.655. The van der Waals surface area contributed by atoms with Gasteiger partial charge in [-0.2, -0.15) is 5.10 Å². The molecule has 0 unspecified atom stereocenters. The largest absolute Gasteiger partial charge is 0.298 e. The van der Waals surface area contributed by atoms with E-state index in [1.165, 1.54) is 6.20 Å². The van der Waals surface area contributed by atoms with E-state index in [9.17, 15) is 14.4 Å². The first-order chi connectivity index (χ1) is 9.22. The highest BCUT2D eigenvalue weighted by Crippen LogP contribution is 2.24. The molecule has 0 radical (unpaired) electrons. The van der Waals surface area contributed by atoms with Crippen molar-refractivity contribution in [2.75, 3.05) is 0 Å². The number of carbonyl (C=O) groups excluding carboxylic acids is 3. The number of hydrogen-bond acceptors (Lipinski definition) is 4. The predicted octanol–water partition coefficient (Wildman–Crippen LogP) is 1.02. The Kier molecular flexibility index (Phi) is 2.49. The van der Waals surface area contributed by atoms with E-state index in [-0.39, 0.29) is 18.4 Å². The smallest absolute Gasteiger partial charge is 0.261 e. The molecule has 1 aromatic carbocycles. The molecule has 19 heavy (non-hydrogen) atoms. The van der Waals surface area contributed by atoms with Crippen molar-refractivity contribution in [3.8, 4) is 0 Å². The van der Waals surface area contributed by atoms with E-state index >= 15 is 0 Å². The van der Waals surface area contributed by atoms with Gasteiger partial charge in [0.05, 0.1) is 35.1 Å². The van der Waals surface area contributed by atoms with E-state index in [0.29, 0.717) is 28.7 Å². The van der Waals surface area contributed by atoms with Gasteiger partial charge in [0.15, 0.2) is 6.29 Å². The summed E-state index contributed by atoms with van der Waals surface area (Å²) >= 11 is 0. The van der Waals surface area contributed by atoms with Gasteiger partial charge in [0, 0.05) is 0 Å². The van der Waals surface area contributed by atoms with Crippen LogP contribution in [0.5, 0.6) is 0 Å². The first-order valence-electron chi connectivity index (χ1n) is 5.65. The molecule has 2 aromatic rings. The van der Waals surface area contributed by atoms with Crippen LogP contribution in [0.15, 0.2) is 30.5 Å². The van der Waals surface area contributed by atoms with Gasteiger partial charge in [0.2, 0.25) is 0 Å². The van der Waals surface area contributed by atoms with Crippen LogP contribution >= 0.6 is 0 Å². The van der Waals surface area contributed by atoms with Crippen molar-refractivity contribution in [3.63, 3.8) is 0 Å². The lowest BCUT2D eigenvalue weighted by molar-refractivity contribution is 0.0639. The summed E-state index contributed by atoms with van der Waals surface area (Å²) in [5.74, 6) is -0.709. The summed E-state index contributed by atoms with van der Waals surface area (Å²) in [5, 5.41) is 6.35. The molecule has 1 aromatic heterocycles. The molecule has 0 atom stereocenters. The first kappa shape index (κ1) is 11.3. The second-order valence-electron chi connectivity index (χ2n) is 4.16. The van der Waals surface area contributed by atoms with Crippen LogP contribution in [-0.2, 0) is 6.54 Å². The van der Waals surface area contributed by atoms with Crippen LogP contribution in [-0.4, -0.2) is 33.2 Å². The van der Waals surface area contributed by atoms with Gasteiger partial charge in [-0.25, -0.2) is 0 Å². The maximum absolute atomic E-state index is 12.1. The van der Waals surface area contributed by atoms with Gasteiger partial charge < -0.3 is 0 Å². The highest BCUT2D eigenvalue weighted by molar-refractivity contribution is 6.21. The predicted molar refractivity (Wildman–Crippen MR) is 64.6 cm³/mol. The standard InChI is InChI=1S/C13H9N3O3/c17-7-8-5-14-15-11(8)6-16-12(18)9-3-1-2-4-10(9)13(16)19/h1-5,7H,6H2,(H,14,15). The van der Waals surface area contributed by atoms with E-state index in [2.05, 4.69) is 10.2 Å². The minimum atomic E-state index is -0.355. The molecule has 1 N–H and O–H groups in total. The minimum absolute atomic E-state index is 0.0143. The van der Waals surface area contributed by atoms with Crippen LogP contribution in [0.25, 0.3) is 0 Å². The van der Waals surface area contributed by atoms with Gasteiger partial charge in [-0.15, -0.1) is 0 Å². The number of aromatic nitrogens is 2. The summed E-state index contributed by atoms with van der Waals surface area (Å²) in [4.78, 5) is 36.1. The Morgan fingerprint density at radius 2 is 1.79 bits per heavy atom. The van der Waals surface area contributed by atoms with Crippen molar-refractivity contribution in [1.82, 2.24) is 15.1 Å². The van der Waals surface area contributed by atoms with Gasteiger partial charge in [0.25, 0.3) is 11.8 Å². The van der Waals surface area contributed by atoms with Crippen molar-refractivity contribution in [3.05, 3.63) is 52.8 Å². The Morgan fingerprint density at radius 1 is 1.16 bits per heavy atom. The van der Waals surface area contributed by atoms with E-state index in [1.54, 1.807) is 24.3 Å². The molecule has 3 rings (SSSR count). The van der Waals surface area contributed by atoms with Gasteiger partial charge in [-0.05, 0) is 12.1 Å². The van der Waals surface area contributed by atoms with Crippen molar-refractivity contribution < 1.29 is 14.4 Å². The average Bonchev–Trinajstić information content (AvgIpc) is 2.98. The molecule has 1 aliphatic rings. The molecule has 0 aliphatic carbocycles. The van der Waals surface area contributed by atoms with Gasteiger partial charge >= 0.3 is 0 Å². The second kappa shape index (κ2) is 4.16. The highest BCUT2D eigenvalue weighted by Gasteiger charge is 2.35.